The monoisotopic (exact) mass is 154 g/mol. The Balaban J connectivity index is 3.76. The largest absolute Gasteiger partial charge is 0.369 e. The molecular weight excluding hydrogens is 140 g/mol. The summed E-state index contributed by atoms with van der Waals surface area (Å²) in [7, 11) is 0. The van der Waals surface area contributed by atoms with Gasteiger partial charge in [0.2, 0.25) is 5.91 Å². The lowest BCUT2D eigenvalue weighted by molar-refractivity contribution is -0.118. The van der Waals surface area contributed by atoms with E-state index < -0.39 is 0 Å². The Morgan fingerprint density at radius 2 is 1.82 bits per heavy atom. The van der Waals surface area contributed by atoms with Gasteiger partial charge in [-0.2, -0.15) is 0 Å². The number of primary amides is 1. The van der Waals surface area contributed by atoms with Gasteiger partial charge in [-0.3, -0.25) is 9.69 Å². The average molecular weight is 154 g/mol. The van der Waals surface area contributed by atoms with Crippen molar-refractivity contribution in [1.29, 1.82) is 0 Å². The highest BCUT2D eigenvalue weighted by atomic mass is 16.1. The predicted octanol–water partition coefficient (Wildman–Crippen LogP) is 0.146. The Morgan fingerprint density at radius 3 is 2.09 bits per heavy atom. The molecule has 0 heterocycles. The van der Waals surface area contributed by atoms with Gasteiger partial charge in [-0.15, -0.1) is 13.2 Å². The molecule has 0 atom stereocenters. The number of hydrogen-bond acceptors (Lipinski definition) is 2. The van der Waals surface area contributed by atoms with Crippen molar-refractivity contribution in [2.75, 3.05) is 19.6 Å². The Kier molecular flexibility index (Phi) is 5.11. The summed E-state index contributed by atoms with van der Waals surface area (Å²) < 4.78 is 0. The van der Waals surface area contributed by atoms with E-state index >= 15 is 0 Å². The molecular formula is C8H14N2O. The van der Waals surface area contributed by atoms with Crippen molar-refractivity contribution in [3.05, 3.63) is 25.3 Å². The minimum atomic E-state index is -0.325. The summed E-state index contributed by atoms with van der Waals surface area (Å²) in [6.45, 7) is 8.71. The van der Waals surface area contributed by atoms with Gasteiger partial charge in [0.1, 0.15) is 0 Å². The zero-order valence-electron chi connectivity index (χ0n) is 6.62. The van der Waals surface area contributed by atoms with Crippen LogP contribution in [0.2, 0.25) is 0 Å². The Hall–Kier alpha value is -1.09. The quantitative estimate of drug-likeness (QED) is 0.553. The zero-order chi connectivity index (χ0) is 8.69. The maximum absolute atomic E-state index is 10.5. The van der Waals surface area contributed by atoms with Crippen LogP contribution in [0.25, 0.3) is 0 Å². The van der Waals surface area contributed by atoms with Crippen LogP contribution in [-0.2, 0) is 4.79 Å². The normalized spacial score (nSPS) is 9.55. The standard InChI is InChI=1S/C8H14N2O/c1-3-5-10(6-4-2)7-8(9)11/h3-4H,1-2,5-7H2,(H2,9,11). The fraction of sp³-hybridized carbons (Fsp3) is 0.375. The first-order chi connectivity index (χ1) is 5.20. The maximum atomic E-state index is 10.5. The second-order valence-corrected chi connectivity index (χ2v) is 2.24. The smallest absolute Gasteiger partial charge is 0.231 e. The lowest BCUT2D eigenvalue weighted by atomic mass is 10.4. The molecule has 0 unspecified atom stereocenters. The van der Waals surface area contributed by atoms with Crippen molar-refractivity contribution in [3.63, 3.8) is 0 Å². The van der Waals surface area contributed by atoms with Crippen LogP contribution >= 0.6 is 0 Å². The molecule has 0 saturated heterocycles. The fourth-order valence-electron chi connectivity index (χ4n) is 0.789. The molecule has 0 radical (unpaired) electrons. The van der Waals surface area contributed by atoms with Gasteiger partial charge in [-0.25, -0.2) is 0 Å². The summed E-state index contributed by atoms with van der Waals surface area (Å²) in [6, 6.07) is 0. The highest BCUT2D eigenvalue weighted by Crippen LogP contribution is 1.87. The fourth-order valence-corrected chi connectivity index (χ4v) is 0.789. The number of amides is 1. The summed E-state index contributed by atoms with van der Waals surface area (Å²) >= 11 is 0. The van der Waals surface area contributed by atoms with Crippen molar-refractivity contribution >= 4 is 5.91 Å². The topological polar surface area (TPSA) is 46.3 Å². The van der Waals surface area contributed by atoms with Crippen molar-refractivity contribution in [2.24, 2.45) is 5.73 Å². The molecule has 62 valence electrons. The number of nitrogens with zero attached hydrogens (tertiary/aromatic N) is 1. The van der Waals surface area contributed by atoms with Crippen LogP contribution in [0.15, 0.2) is 25.3 Å². The van der Waals surface area contributed by atoms with Crippen LogP contribution < -0.4 is 5.73 Å². The van der Waals surface area contributed by atoms with E-state index in [1.165, 1.54) is 0 Å². The van der Waals surface area contributed by atoms with Gasteiger partial charge in [-0.05, 0) is 0 Å². The first-order valence-electron chi connectivity index (χ1n) is 3.43. The van der Waals surface area contributed by atoms with E-state index in [-0.39, 0.29) is 12.5 Å². The van der Waals surface area contributed by atoms with Crippen LogP contribution in [0.4, 0.5) is 0 Å². The number of carbonyl (C=O) groups excluding carboxylic acids is 1. The molecule has 0 aliphatic carbocycles. The molecule has 2 N–H and O–H groups in total. The van der Waals surface area contributed by atoms with Crippen LogP contribution in [0, 0.1) is 0 Å². The average Bonchev–Trinajstić information content (AvgIpc) is 1.87. The molecule has 0 bridgehead atoms. The predicted molar refractivity (Wildman–Crippen MR) is 46.0 cm³/mol. The van der Waals surface area contributed by atoms with Gasteiger partial charge in [0, 0.05) is 13.1 Å². The van der Waals surface area contributed by atoms with Crippen molar-refractivity contribution in [3.8, 4) is 0 Å². The SMILES string of the molecule is C=CCN(CC=C)CC(N)=O. The number of nitrogens with two attached hydrogens (primary N) is 1. The maximum Gasteiger partial charge on any atom is 0.231 e. The van der Waals surface area contributed by atoms with E-state index in [0.29, 0.717) is 13.1 Å². The van der Waals surface area contributed by atoms with Crippen LogP contribution in [0.3, 0.4) is 0 Å². The minimum absolute atomic E-state index is 0.262. The zero-order valence-corrected chi connectivity index (χ0v) is 6.62. The summed E-state index contributed by atoms with van der Waals surface area (Å²) in [5, 5.41) is 0. The van der Waals surface area contributed by atoms with Gasteiger partial charge >= 0.3 is 0 Å². The number of carbonyl (C=O) groups is 1. The molecule has 3 nitrogen and oxygen atoms in total. The van der Waals surface area contributed by atoms with E-state index in [1.807, 2.05) is 4.90 Å². The second kappa shape index (κ2) is 5.68. The van der Waals surface area contributed by atoms with Crippen LogP contribution in [-0.4, -0.2) is 30.4 Å². The van der Waals surface area contributed by atoms with Gasteiger partial charge < -0.3 is 5.73 Å². The van der Waals surface area contributed by atoms with Crippen molar-refractivity contribution in [1.82, 2.24) is 4.90 Å². The third-order valence-corrected chi connectivity index (χ3v) is 1.15. The second-order valence-electron chi connectivity index (χ2n) is 2.24. The Labute approximate surface area is 67.2 Å². The molecule has 0 aromatic heterocycles. The Morgan fingerprint density at radius 1 is 1.36 bits per heavy atom. The van der Waals surface area contributed by atoms with Crippen LogP contribution in [0.5, 0.6) is 0 Å². The lowest BCUT2D eigenvalue weighted by Crippen LogP contribution is -2.33. The third kappa shape index (κ3) is 5.36. The molecule has 0 aromatic rings. The lowest BCUT2D eigenvalue weighted by Gasteiger charge is -2.15. The van der Waals surface area contributed by atoms with Crippen molar-refractivity contribution < 1.29 is 4.79 Å². The van der Waals surface area contributed by atoms with E-state index in [9.17, 15) is 4.79 Å². The van der Waals surface area contributed by atoms with E-state index in [2.05, 4.69) is 13.2 Å². The van der Waals surface area contributed by atoms with Gasteiger partial charge in [0.25, 0.3) is 0 Å². The molecule has 0 saturated carbocycles. The number of hydrogen-bond donors (Lipinski definition) is 1. The first kappa shape index (κ1) is 9.91. The highest BCUT2D eigenvalue weighted by Gasteiger charge is 2.02. The summed E-state index contributed by atoms with van der Waals surface area (Å²) in [5.41, 5.74) is 5.00. The Bertz CT molecular complexity index is 144. The van der Waals surface area contributed by atoms with Crippen LogP contribution in [0.1, 0.15) is 0 Å². The summed E-state index contributed by atoms with van der Waals surface area (Å²) in [4.78, 5) is 12.3. The summed E-state index contributed by atoms with van der Waals surface area (Å²) in [6.07, 6.45) is 3.46. The third-order valence-electron chi connectivity index (χ3n) is 1.15. The minimum Gasteiger partial charge on any atom is -0.369 e. The van der Waals surface area contributed by atoms with Gasteiger partial charge in [0.05, 0.1) is 6.54 Å². The molecule has 0 spiro atoms. The molecule has 3 heteroatoms. The molecule has 1 amide bonds. The molecule has 0 rings (SSSR count). The number of rotatable bonds is 6. The van der Waals surface area contributed by atoms with Gasteiger partial charge in [-0.1, -0.05) is 12.2 Å². The van der Waals surface area contributed by atoms with Gasteiger partial charge in [0.15, 0.2) is 0 Å². The molecule has 0 aliphatic rings. The highest BCUT2D eigenvalue weighted by molar-refractivity contribution is 5.75. The first-order valence-corrected chi connectivity index (χ1v) is 3.43. The van der Waals surface area contributed by atoms with E-state index in [0.717, 1.165) is 0 Å². The molecule has 0 aliphatic heterocycles. The van der Waals surface area contributed by atoms with E-state index in [4.69, 9.17) is 5.73 Å². The molecule has 11 heavy (non-hydrogen) atoms. The van der Waals surface area contributed by atoms with Crippen molar-refractivity contribution in [2.45, 2.75) is 0 Å². The summed E-state index contributed by atoms with van der Waals surface area (Å²) in [5.74, 6) is -0.325. The molecule has 0 aromatic carbocycles. The van der Waals surface area contributed by atoms with E-state index in [1.54, 1.807) is 12.2 Å². The molecule has 0 fully saturated rings.